The highest BCUT2D eigenvalue weighted by atomic mass is 32.2. The summed E-state index contributed by atoms with van der Waals surface area (Å²) in [6, 6.07) is 0.268. The van der Waals surface area contributed by atoms with Crippen LogP contribution in [0.4, 0.5) is 5.13 Å². The van der Waals surface area contributed by atoms with E-state index in [2.05, 4.69) is 21.9 Å². The molecular weight excluding hydrogens is 298 g/mol. The molecule has 1 amide bonds. The van der Waals surface area contributed by atoms with Gasteiger partial charge in [0.2, 0.25) is 15.9 Å². The van der Waals surface area contributed by atoms with Crippen LogP contribution in [0.25, 0.3) is 0 Å². The molecule has 0 saturated heterocycles. The zero-order valence-electron chi connectivity index (χ0n) is 11.5. The summed E-state index contributed by atoms with van der Waals surface area (Å²) in [5, 5.41) is 5.00. The summed E-state index contributed by atoms with van der Waals surface area (Å²) in [4.78, 5) is 16.0. The number of rotatable bonds is 5. The van der Waals surface area contributed by atoms with E-state index in [1.54, 1.807) is 5.38 Å². The van der Waals surface area contributed by atoms with Crippen LogP contribution in [-0.4, -0.2) is 31.6 Å². The highest BCUT2D eigenvalue weighted by molar-refractivity contribution is 7.92. The predicted molar refractivity (Wildman–Crippen MR) is 79.2 cm³/mol. The number of aromatic nitrogens is 1. The lowest BCUT2D eigenvalue weighted by Gasteiger charge is -2.11. The van der Waals surface area contributed by atoms with Gasteiger partial charge < -0.3 is 5.32 Å². The topological polar surface area (TPSA) is 88.2 Å². The molecule has 0 aromatic carbocycles. The molecule has 1 aliphatic rings. The average molecular weight is 317 g/mol. The van der Waals surface area contributed by atoms with Gasteiger partial charge >= 0.3 is 0 Å². The number of sulfonamides is 1. The molecule has 20 heavy (non-hydrogen) atoms. The molecule has 2 unspecified atom stereocenters. The first-order valence-electron chi connectivity index (χ1n) is 6.53. The highest BCUT2D eigenvalue weighted by Gasteiger charge is 2.22. The van der Waals surface area contributed by atoms with E-state index in [-0.39, 0.29) is 18.4 Å². The Bertz CT molecular complexity index is 583. The number of hydrogen-bond donors (Lipinski definition) is 2. The molecule has 1 saturated carbocycles. The Labute approximate surface area is 123 Å². The van der Waals surface area contributed by atoms with Crippen LogP contribution in [0.15, 0.2) is 5.38 Å². The molecule has 0 aliphatic heterocycles. The molecule has 0 bridgehead atoms. The summed E-state index contributed by atoms with van der Waals surface area (Å²) < 4.78 is 24.4. The second-order valence-electron chi connectivity index (χ2n) is 5.38. The Morgan fingerprint density at radius 2 is 2.25 bits per heavy atom. The quantitative estimate of drug-likeness (QED) is 0.858. The first-order valence-corrected chi connectivity index (χ1v) is 9.30. The van der Waals surface area contributed by atoms with Crippen LogP contribution < -0.4 is 10.0 Å². The van der Waals surface area contributed by atoms with Gasteiger partial charge in [-0.05, 0) is 25.2 Å². The number of hydrogen-bond acceptors (Lipinski definition) is 5. The van der Waals surface area contributed by atoms with Gasteiger partial charge in [0.15, 0.2) is 5.13 Å². The van der Waals surface area contributed by atoms with Crippen molar-refractivity contribution >= 4 is 32.4 Å². The Hall–Kier alpha value is -1.15. The van der Waals surface area contributed by atoms with Crippen LogP contribution in [-0.2, 0) is 21.2 Å². The van der Waals surface area contributed by atoms with E-state index in [1.807, 2.05) is 0 Å². The molecule has 112 valence electrons. The van der Waals surface area contributed by atoms with Crippen LogP contribution in [0, 0.1) is 5.92 Å². The van der Waals surface area contributed by atoms with E-state index in [9.17, 15) is 13.2 Å². The lowest BCUT2D eigenvalue weighted by atomic mass is 10.1. The third-order valence-electron chi connectivity index (χ3n) is 3.23. The van der Waals surface area contributed by atoms with Crippen LogP contribution >= 0.6 is 11.3 Å². The molecule has 0 spiro atoms. The van der Waals surface area contributed by atoms with Crippen molar-refractivity contribution < 1.29 is 13.2 Å². The zero-order chi connectivity index (χ0) is 14.8. The SMILES string of the molecule is CC1CCC(NC(=O)Cc2csc(NS(C)(=O)=O)n2)C1. The third-order valence-corrected chi connectivity index (χ3v) is 4.73. The van der Waals surface area contributed by atoms with Gasteiger partial charge in [-0.25, -0.2) is 13.4 Å². The number of thiazole rings is 1. The molecule has 1 fully saturated rings. The van der Waals surface area contributed by atoms with Gasteiger partial charge in [0.25, 0.3) is 0 Å². The normalized spacial score (nSPS) is 22.7. The van der Waals surface area contributed by atoms with Gasteiger partial charge in [0.1, 0.15) is 0 Å². The molecule has 1 aliphatic carbocycles. The van der Waals surface area contributed by atoms with Gasteiger partial charge in [0, 0.05) is 11.4 Å². The van der Waals surface area contributed by atoms with Crippen LogP contribution in [0.3, 0.4) is 0 Å². The van der Waals surface area contributed by atoms with E-state index in [0.717, 1.165) is 25.5 Å². The molecular formula is C12H19N3O3S2. The summed E-state index contributed by atoms with van der Waals surface area (Å²) >= 11 is 1.18. The van der Waals surface area contributed by atoms with Gasteiger partial charge in [0.05, 0.1) is 18.4 Å². The van der Waals surface area contributed by atoms with Gasteiger partial charge in [-0.1, -0.05) is 6.92 Å². The van der Waals surface area contributed by atoms with E-state index in [1.165, 1.54) is 11.3 Å². The number of anilines is 1. The number of nitrogens with one attached hydrogen (secondary N) is 2. The lowest BCUT2D eigenvalue weighted by Crippen LogP contribution is -2.34. The molecule has 2 rings (SSSR count). The summed E-state index contributed by atoms with van der Waals surface area (Å²) in [6.45, 7) is 2.19. The fourth-order valence-electron chi connectivity index (χ4n) is 2.38. The van der Waals surface area contributed by atoms with Crippen molar-refractivity contribution in [2.24, 2.45) is 5.92 Å². The minimum Gasteiger partial charge on any atom is -0.353 e. The first kappa shape index (κ1) is 15.2. The third kappa shape index (κ3) is 4.75. The molecule has 2 N–H and O–H groups in total. The van der Waals surface area contributed by atoms with Crippen molar-refractivity contribution in [3.05, 3.63) is 11.1 Å². The van der Waals surface area contributed by atoms with Gasteiger partial charge in [-0.3, -0.25) is 9.52 Å². The number of amides is 1. The van der Waals surface area contributed by atoms with Gasteiger partial charge in [-0.2, -0.15) is 0 Å². The fraction of sp³-hybridized carbons (Fsp3) is 0.667. The second-order valence-corrected chi connectivity index (χ2v) is 7.98. The molecule has 8 heteroatoms. The van der Waals surface area contributed by atoms with Gasteiger partial charge in [-0.15, -0.1) is 11.3 Å². The largest absolute Gasteiger partial charge is 0.353 e. The van der Waals surface area contributed by atoms with E-state index in [4.69, 9.17) is 0 Å². The Kier molecular flexibility index (Phi) is 4.64. The maximum absolute atomic E-state index is 11.9. The van der Waals surface area contributed by atoms with Crippen molar-refractivity contribution in [3.63, 3.8) is 0 Å². The summed E-state index contributed by atoms with van der Waals surface area (Å²) in [5.74, 6) is 0.616. The molecule has 1 heterocycles. The maximum atomic E-state index is 11.9. The van der Waals surface area contributed by atoms with Crippen LogP contribution in [0.1, 0.15) is 31.9 Å². The van der Waals surface area contributed by atoms with E-state index >= 15 is 0 Å². The van der Waals surface area contributed by atoms with E-state index in [0.29, 0.717) is 16.7 Å². The van der Waals surface area contributed by atoms with E-state index < -0.39 is 10.0 Å². The van der Waals surface area contributed by atoms with Crippen LogP contribution in [0.2, 0.25) is 0 Å². The Balaban J connectivity index is 1.85. The van der Waals surface area contributed by atoms with Crippen LogP contribution in [0.5, 0.6) is 0 Å². The minimum absolute atomic E-state index is 0.0553. The van der Waals surface area contributed by atoms with Crippen molar-refractivity contribution in [2.75, 3.05) is 11.0 Å². The summed E-state index contributed by atoms with van der Waals surface area (Å²) in [5.41, 5.74) is 0.588. The summed E-state index contributed by atoms with van der Waals surface area (Å²) in [6.07, 6.45) is 4.48. The first-order chi connectivity index (χ1) is 9.32. The minimum atomic E-state index is -3.32. The Morgan fingerprint density at radius 3 is 2.85 bits per heavy atom. The number of carbonyl (C=O) groups excluding carboxylic acids is 1. The average Bonchev–Trinajstić information content (AvgIpc) is 2.86. The van der Waals surface area contributed by atoms with Crippen molar-refractivity contribution in [3.8, 4) is 0 Å². The fourth-order valence-corrected chi connectivity index (χ4v) is 3.94. The second kappa shape index (κ2) is 6.09. The molecule has 6 nitrogen and oxygen atoms in total. The van der Waals surface area contributed by atoms with Crippen molar-refractivity contribution in [1.82, 2.24) is 10.3 Å². The standard InChI is InChI=1S/C12H19N3O3S2/c1-8-3-4-9(5-8)13-11(16)6-10-7-19-12(14-10)15-20(2,17)18/h7-9H,3-6H2,1-2H3,(H,13,16)(H,14,15). The summed E-state index contributed by atoms with van der Waals surface area (Å²) in [7, 11) is -3.32. The molecule has 1 aromatic heterocycles. The number of carbonyl (C=O) groups is 1. The number of nitrogens with zero attached hydrogens (tertiary/aromatic N) is 1. The molecule has 2 atom stereocenters. The maximum Gasteiger partial charge on any atom is 0.231 e. The smallest absolute Gasteiger partial charge is 0.231 e. The van der Waals surface area contributed by atoms with Crippen molar-refractivity contribution in [1.29, 1.82) is 0 Å². The monoisotopic (exact) mass is 317 g/mol. The Morgan fingerprint density at radius 1 is 1.50 bits per heavy atom. The highest BCUT2D eigenvalue weighted by Crippen LogP contribution is 2.24. The predicted octanol–water partition coefficient (Wildman–Crippen LogP) is 1.36. The zero-order valence-corrected chi connectivity index (χ0v) is 13.2. The van der Waals surface area contributed by atoms with Crippen molar-refractivity contribution in [2.45, 2.75) is 38.6 Å². The lowest BCUT2D eigenvalue weighted by molar-refractivity contribution is -0.121. The molecule has 0 radical (unpaired) electrons. The molecule has 1 aromatic rings.